The minimum absolute atomic E-state index is 0.259. The van der Waals surface area contributed by atoms with Crippen molar-refractivity contribution in [2.24, 2.45) is 0 Å². The van der Waals surface area contributed by atoms with Crippen molar-refractivity contribution < 1.29 is 0 Å². The van der Waals surface area contributed by atoms with Gasteiger partial charge in [0.1, 0.15) is 0 Å². The summed E-state index contributed by atoms with van der Waals surface area (Å²) < 4.78 is 0. The molecule has 186 valence electrons. The van der Waals surface area contributed by atoms with E-state index in [9.17, 15) is 0 Å². The maximum Gasteiger partial charge on any atom is 0.0281 e. The molecule has 5 aromatic carbocycles. The van der Waals surface area contributed by atoms with Crippen molar-refractivity contribution in [3.05, 3.63) is 184 Å². The fourth-order valence-corrected chi connectivity index (χ4v) is 6.33. The second kappa shape index (κ2) is 9.89. The molecule has 0 nitrogen and oxygen atoms in total. The highest BCUT2D eigenvalue weighted by Gasteiger charge is 2.27. The van der Waals surface area contributed by atoms with Crippen LogP contribution < -0.4 is 0 Å². The number of fused-ring (bicyclic) bond motifs is 3. The van der Waals surface area contributed by atoms with Crippen molar-refractivity contribution in [3.63, 3.8) is 0 Å². The van der Waals surface area contributed by atoms with Gasteiger partial charge in [-0.2, -0.15) is 0 Å². The lowest BCUT2D eigenvalue weighted by Crippen LogP contribution is -2.03. The molecule has 2 aliphatic carbocycles. The molecule has 0 saturated heterocycles. The Labute approximate surface area is 231 Å². The average Bonchev–Trinajstić information content (AvgIpc) is 3.63. The lowest BCUT2D eigenvalue weighted by molar-refractivity contribution is 1.07. The van der Waals surface area contributed by atoms with Crippen LogP contribution in [0.25, 0.3) is 28.3 Å². The summed E-state index contributed by atoms with van der Waals surface area (Å²) in [5.41, 5.74) is 16.1. The number of rotatable bonds is 5. The van der Waals surface area contributed by atoms with Gasteiger partial charge in [0.05, 0.1) is 0 Å². The maximum atomic E-state index is 2.37. The summed E-state index contributed by atoms with van der Waals surface area (Å²) in [7, 11) is 0. The van der Waals surface area contributed by atoms with Crippen molar-refractivity contribution in [2.75, 3.05) is 0 Å². The first-order valence-corrected chi connectivity index (χ1v) is 13.8. The van der Waals surface area contributed by atoms with Crippen molar-refractivity contribution >= 4 is 17.2 Å². The Hall–Kier alpha value is -4.68. The van der Waals surface area contributed by atoms with Gasteiger partial charge >= 0.3 is 0 Å². The number of hydrogen-bond donors (Lipinski definition) is 0. The standard InChI is InChI=1S/C39H30/c1-27-30(25-38(28-13-4-2-5-14-28)29-15-6-3-7-16-29)18-10-20-32(27)34-21-11-23-36(34)37-24-12-22-35-33-19-9-8-17-31(33)26-39(35)37/h2-25,36H,26H2,1H3. The van der Waals surface area contributed by atoms with Crippen LogP contribution in [0.4, 0.5) is 0 Å². The summed E-state index contributed by atoms with van der Waals surface area (Å²) in [5.74, 6) is 0.259. The Balaban J connectivity index is 1.30. The minimum atomic E-state index is 0.259. The molecule has 1 unspecified atom stereocenters. The van der Waals surface area contributed by atoms with Crippen LogP contribution in [0.2, 0.25) is 0 Å². The molecule has 0 bridgehead atoms. The van der Waals surface area contributed by atoms with Gasteiger partial charge in [-0.15, -0.1) is 0 Å². The quantitative estimate of drug-likeness (QED) is 0.207. The van der Waals surface area contributed by atoms with E-state index >= 15 is 0 Å². The van der Waals surface area contributed by atoms with Gasteiger partial charge in [-0.3, -0.25) is 0 Å². The van der Waals surface area contributed by atoms with Crippen LogP contribution in [0.5, 0.6) is 0 Å². The van der Waals surface area contributed by atoms with Gasteiger partial charge in [-0.25, -0.2) is 0 Å². The zero-order valence-corrected chi connectivity index (χ0v) is 22.1. The Bertz CT molecular complexity index is 1720. The number of benzene rings is 5. The Morgan fingerprint density at radius 3 is 2.05 bits per heavy atom. The van der Waals surface area contributed by atoms with Gasteiger partial charge in [0.15, 0.2) is 0 Å². The Kier molecular flexibility index (Phi) is 5.94. The molecule has 5 aromatic rings. The van der Waals surface area contributed by atoms with Gasteiger partial charge in [0.2, 0.25) is 0 Å². The molecule has 0 spiro atoms. The molecular formula is C39H30. The molecule has 7 rings (SSSR count). The SMILES string of the molecule is Cc1c(C=C(c2ccccc2)c2ccccc2)cccc1C1=CC=CC1c1cccc2c1Cc1ccccc1-2. The first kappa shape index (κ1) is 23.4. The van der Waals surface area contributed by atoms with E-state index in [1.54, 1.807) is 0 Å². The van der Waals surface area contributed by atoms with Gasteiger partial charge < -0.3 is 0 Å². The highest BCUT2D eigenvalue weighted by Crippen LogP contribution is 2.46. The lowest BCUT2D eigenvalue weighted by atomic mass is 9.83. The van der Waals surface area contributed by atoms with E-state index in [-0.39, 0.29) is 5.92 Å². The van der Waals surface area contributed by atoms with E-state index in [1.165, 1.54) is 66.8 Å². The maximum absolute atomic E-state index is 2.37. The molecule has 2 aliphatic rings. The van der Waals surface area contributed by atoms with E-state index in [4.69, 9.17) is 0 Å². The van der Waals surface area contributed by atoms with Gasteiger partial charge in [0, 0.05) is 5.92 Å². The van der Waals surface area contributed by atoms with Crippen LogP contribution >= 0.6 is 0 Å². The molecule has 0 aliphatic heterocycles. The number of allylic oxidation sites excluding steroid dienone is 4. The summed E-state index contributed by atoms with van der Waals surface area (Å²) in [4.78, 5) is 0. The van der Waals surface area contributed by atoms with Crippen molar-refractivity contribution in [3.8, 4) is 11.1 Å². The Morgan fingerprint density at radius 2 is 1.28 bits per heavy atom. The van der Waals surface area contributed by atoms with Gasteiger partial charge in [-0.05, 0) is 86.2 Å². The van der Waals surface area contributed by atoms with Gasteiger partial charge in [0.25, 0.3) is 0 Å². The average molecular weight is 499 g/mol. The van der Waals surface area contributed by atoms with Crippen LogP contribution in [0.3, 0.4) is 0 Å². The second-order valence-electron chi connectivity index (χ2n) is 10.5. The molecule has 1 atom stereocenters. The lowest BCUT2D eigenvalue weighted by Gasteiger charge is -2.21. The summed E-state index contributed by atoms with van der Waals surface area (Å²) in [6.45, 7) is 2.27. The van der Waals surface area contributed by atoms with Crippen LogP contribution in [0.1, 0.15) is 50.4 Å². The van der Waals surface area contributed by atoms with Crippen molar-refractivity contribution in [2.45, 2.75) is 19.3 Å². The molecule has 0 fully saturated rings. The number of hydrogen-bond acceptors (Lipinski definition) is 0. The summed E-state index contributed by atoms with van der Waals surface area (Å²) in [6.07, 6.45) is 10.3. The molecule has 0 heterocycles. The zero-order chi connectivity index (χ0) is 26.2. The molecule has 0 heteroatoms. The topological polar surface area (TPSA) is 0 Å². The van der Waals surface area contributed by atoms with Gasteiger partial charge in [-0.1, -0.05) is 140 Å². The van der Waals surface area contributed by atoms with Crippen molar-refractivity contribution in [1.29, 1.82) is 0 Å². The van der Waals surface area contributed by atoms with Crippen LogP contribution in [-0.2, 0) is 6.42 Å². The highest BCUT2D eigenvalue weighted by atomic mass is 14.3. The van der Waals surface area contributed by atoms with E-state index < -0.39 is 0 Å². The fourth-order valence-electron chi connectivity index (χ4n) is 6.33. The molecular weight excluding hydrogens is 468 g/mol. The molecule has 0 amide bonds. The summed E-state index contributed by atoms with van der Waals surface area (Å²) in [6, 6.07) is 43.9. The Morgan fingerprint density at radius 1 is 0.641 bits per heavy atom. The monoisotopic (exact) mass is 498 g/mol. The molecule has 0 radical (unpaired) electrons. The zero-order valence-electron chi connectivity index (χ0n) is 22.1. The normalized spacial score (nSPS) is 15.0. The van der Waals surface area contributed by atoms with E-state index in [0.717, 1.165) is 6.42 Å². The summed E-state index contributed by atoms with van der Waals surface area (Å²) >= 11 is 0. The third kappa shape index (κ3) is 4.19. The predicted octanol–water partition coefficient (Wildman–Crippen LogP) is 9.89. The first-order chi connectivity index (χ1) is 19.3. The van der Waals surface area contributed by atoms with Crippen LogP contribution in [0, 0.1) is 6.92 Å². The van der Waals surface area contributed by atoms with Crippen LogP contribution in [0.15, 0.2) is 140 Å². The van der Waals surface area contributed by atoms with Crippen LogP contribution in [-0.4, -0.2) is 0 Å². The van der Waals surface area contributed by atoms with E-state index in [2.05, 4.69) is 153 Å². The van der Waals surface area contributed by atoms with Crippen molar-refractivity contribution in [1.82, 2.24) is 0 Å². The molecule has 0 aromatic heterocycles. The molecule has 0 saturated carbocycles. The third-order valence-electron chi connectivity index (χ3n) is 8.29. The minimum Gasteiger partial charge on any atom is -0.0726 e. The van der Waals surface area contributed by atoms with E-state index in [1.807, 2.05) is 0 Å². The largest absolute Gasteiger partial charge is 0.0726 e. The molecule has 0 N–H and O–H groups in total. The summed E-state index contributed by atoms with van der Waals surface area (Å²) in [5, 5.41) is 0. The third-order valence-corrected chi connectivity index (χ3v) is 8.29. The first-order valence-electron chi connectivity index (χ1n) is 13.8. The highest BCUT2D eigenvalue weighted by molar-refractivity contribution is 5.93. The predicted molar refractivity (Wildman–Crippen MR) is 166 cm³/mol. The second-order valence-corrected chi connectivity index (χ2v) is 10.5. The smallest absolute Gasteiger partial charge is 0.0281 e. The van der Waals surface area contributed by atoms with E-state index in [0.29, 0.717) is 0 Å². The molecule has 39 heavy (non-hydrogen) atoms. The fraction of sp³-hybridized carbons (Fsp3) is 0.0769.